The van der Waals surface area contributed by atoms with Gasteiger partial charge in [-0.05, 0) is 61.8 Å². The van der Waals surface area contributed by atoms with Gasteiger partial charge in [0.2, 0.25) is 5.24 Å². The van der Waals surface area contributed by atoms with Gasteiger partial charge in [-0.1, -0.05) is 20.6 Å². The number of fused-ring (bicyclic) bond motifs is 2. The number of aromatic hydroxyl groups is 1. The van der Waals surface area contributed by atoms with E-state index in [0.717, 1.165) is 11.1 Å². The monoisotopic (exact) mass is 488 g/mol. The molecule has 2 aliphatic heterocycles. The van der Waals surface area contributed by atoms with E-state index in [4.69, 9.17) is 30.9 Å². The minimum absolute atomic E-state index is 0. The molecule has 0 saturated carbocycles. The van der Waals surface area contributed by atoms with Crippen LogP contribution in [0.25, 0.3) is 0 Å². The molecule has 4 rings (SSSR count). The third-order valence-corrected chi connectivity index (χ3v) is 4.41. The van der Waals surface area contributed by atoms with Crippen molar-refractivity contribution in [2.45, 2.75) is 34.1 Å². The van der Waals surface area contributed by atoms with Crippen molar-refractivity contribution in [2.75, 3.05) is 0 Å². The molecule has 9 heteroatoms. The average Bonchev–Trinajstić information content (AvgIpc) is 3.28. The summed E-state index contributed by atoms with van der Waals surface area (Å²) in [4.78, 5) is 42.8. The molecule has 0 atom stereocenters. The maximum absolute atomic E-state index is 11.3. The highest BCUT2D eigenvalue weighted by molar-refractivity contribution is 6.67. The predicted octanol–water partition coefficient (Wildman–Crippen LogP) is 4.45. The zero-order chi connectivity index (χ0) is 24.7. The van der Waals surface area contributed by atoms with E-state index in [9.17, 15) is 19.2 Å². The standard InChI is InChI=1S/C12H10O4.C8H6O3.C4H5ClO.CH4/c1-7(2)12(14)15-9-3-4-10-8(5-9)6-11(13)16-10;9-6-1-2-7-5(3-6)4-8(10)11-7;1-3(2)4(5)6;/h3-5H,1,6H2,2H3;1-3,9H,4H2;1H2,2H3;1H4. The fourth-order valence-electron chi connectivity index (χ4n) is 2.48. The number of ether oxygens (including phenoxy) is 3. The summed E-state index contributed by atoms with van der Waals surface area (Å²) in [5.74, 6) is 0.620. The molecule has 1 N–H and O–H groups in total. The summed E-state index contributed by atoms with van der Waals surface area (Å²) < 4.78 is 14.8. The molecule has 34 heavy (non-hydrogen) atoms. The van der Waals surface area contributed by atoms with Crippen LogP contribution in [0, 0.1) is 0 Å². The van der Waals surface area contributed by atoms with Crippen LogP contribution in [0.3, 0.4) is 0 Å². The number of carbonyl (C=O) groups excluding carboxylic acids is 4. The molecule has 0 spiro atoms. The lowest BCUT2D eigenvalue weighted by molar-refractivity contribution is -0.132. The molecule has 0 unspecified atom stereocenters. The second-order valence-corrected chi connectivity index (χ2v) is 7.43. The fraction of sp³-hybridized carbons (Fsp3) is 0.200. The van der Waals surface area contributed by atoms with E-state index < -0.39 is 11.2 Å². The molecule has 0 bridgehead atoms. The first-order chi connectivity index (χ1) is 15.5. The Balaban J connectivity index is 0.000000280. The summed E-state index contributed by atoms with van der Waals surface area (Å²) in [6, 6.07) is 9.45. The van der Waals surface area contributed by atoms with Crippen molar-refractivity contribution in [1.29, 1.82) is 0 Å². The average molecular weight is 489 g/mol. The Morgan fingerprint density at radius 3 is 1.85 bits per heavy atom. The normalized spacial score (nSPS) is 12.1. The van der Waals surface area contributed by atoms with Crippen LogP contribution in [0.1, 0.15) is 32.4 Å². The topological polar surface area (TPSA) is 116 Å². The molecule has 2 aliphatic rings. The third-order valence-electron chi connectivity index (χ3n) is 4.09. The molecule has 0 fully saturated rings. The maximum atomic E-state index is 11.3. The lowest BCUT2D eigenvalue weighted by atomic mass is 10.1. The van der Waals surface area contributed by atoms with Crippen LogP contribution in [0.5, 0.6) is 23.0 Å². The van der Waals surface area contributed by atoms with Crippen LogP contribution in [-0.2, 0) is 32.0 Å². The van der Waals surface area contributed by atoms with E-state index in [0.29, 0.717) is 28.4 Å². The second kappa shape index (κ2) is 12.4. The van der Waals surface area contributed by atoms with Crippen molar-refractivity contribution < 1.29 is 38.5 Å². The Morgan fingerprint density at radius 1 is 0.912 bits per heavy atom. The zero-order valence-corrected chi connectivity index (χ0v) is 18.7. The van der Waals surface area contributed by atoms with Crippen LogP contribution >= 0.6 is 11.6 Å². The number of allylic oxidation sites excluding steroid dienone is 1. The number of carbonyl (C=O) groups is 4. The highest BCUT2D eigenvalue weighted by atomic mass is 35.5. The molecule has 0 amide bonds. The molecule has 0 aromatic heterocycles. The summed E-state index contributed by atoms with van der Waals surface area (Å²) >= 11 is 4.87. The Hall–Kier alpha value is -3.91. The maximum Gasteiger partial charge on any atom is 0.338 e. The van der Waals surface area contributed by atoms with E-state index in [2.05, 4.69) is 13.2 Å². The quantitative estimate of drug-likeness (QED) is 0.291. The predicted molar refractivity (Wildman–Crippen MR) is 126 cm³/mol. The number of hydrogen-bond acceptors (Lipinski definition) is 8. The molecule has 0 aliphatic carbocycles. The van der Waals surface area contributed by atoms with E-state index >= 15 is 0 Å². The Labute approximate surface area is 202 Å². The van der Waals surface area contributed by atoms with E-state index in [-0.39, 0.29) is 38.0 Å². The minimum Gasteiger partial charge on any atom is -0.508 e. The van der Waals surface area contributed by atoms with Crippen LogP contribution in [0.15, 0.2) is 60.7 Å². The van der Waals surface area contributed by atoms with Crippen molar-refractivity contribution in [3.63, 3.8) is 0 Å². The summed E-state index contributed by atoms with van der Waals surface area (Å²) in [5.41, 5.74) is 2.21. The SMILES string of the molecule is C.C=C(C)C(=O)Cl.C=C(C)C(=O)Oc1ccc2c(c1)CC(=O)O2.O=C1Cc2cc(O)ccc2O1. The molecule has 8 nitrogen and oxygen atoms in total. The summed E-state index contributed by atoms with van der Waals surface area (Å²) in [6.07, 6.45) is 0.484. The van der Waals surface area contributed by atoms with Crippen molar-refractivity contribution in [3.05, 3.63) is 71.8 Å². The molecule has 180 valence electrons. The fourth-order valence-corrected chi connectivity index (χ4v) is 2.48. The number of halogens is 1. The molecule has 0 radical (unpaired) electrons. The largest absolute Gasteiger partial charge is 0.508 e. The number of phenols is 1. The van der Waals surface area contributed by atoms with Gasteiger partial charge in [-0.25, -0.2) is 4.79 Å². The van der Waals surface area contributed by atoms with Crippen LogP contribution < -0.4 is 14.2 Å². The van der Waals surface area contributed by atoms with Crippen molar-refractivity contribution >= 4 is 34.8 Å². The van der Waals surface area contributed by atoms with Gasteiger partial charge in [0.25, 0.3) is 0 Å². The highest BCUT2D eigenvalue weighted by Crippen LogP contribution is 2.30. The first-order valence-electron chi connectivity index (χ1n) is 9.55. The number of hydrogen-bond donors (Lipinski definition) is 1. The van der Waals surface area contributed by atoms with Crippen LogP contribution in [0.2, 0.25) is 0 Å². The van der Waals surface area contributed by atoms with Crippen LogP contribution in [0.4, 0.5) is 0 Å². The molecule has 2 aromatic rings. The Morgan fingerprint density at radius 2 is 1.38 bits per heavy atom. The van der Waals surface area contributed by atoms with E-state index in [1.807, 2.05) is 0 Å². The van der Waals surface area contributed by atoms with Gasteiger partial charge in [0.05, 0.1) is 12.8 Å². The lowest BCUT2D eigenvalue weighted by Crippen LogP contribution is -2.08. The smallest absolute Gasteiger partial charge is 0.338 e. The van der Waals surface area contributed by atoms with Crippen molar-refractivity contribution in [3.8, 4) is 23.0 Å². The highest BCUT2D eigenvalue weighted by Gasteiger charge is 2.21. The van der Waals surface area contributed by atoms with Gasteiger partial charge < -0.3 is 19.3 Å². The van der Waals surface area contributed by atoms with E-state index in [1.54, 1.807) is 44.2 Å². The van der Waals surface area contributed by atoms with Gasteiger partial charge in [-0.2, -0.15) is 0 Å². The Bertz CT molecular complexity index is 1140. The summed E-state index contributed by atoms with van der Waals surface area (Å²) in [7, 11) is 0. The molecule has 2 heterocycles. The zero-order valence-electron chi connectivity index (χ0n) is 18.0. The van der Waals surface area contributed by atoms with Gasteiger partial charge >= 0.3 is 17.9 Å². The number of esters is 3. The summed E-state index contributed by atoms with van der Waals surface area (Å²) in [6.45, 7) is 9.89. The van der Waals surface area contributed by atoms with Gasteiger partial charge in [-0.15, -0.1) is 0 Å². The second-order valence-electron chi connectivity index (χ2n) is 7.09. The Kier molecular flexibility index (Phi) is 10.2. The van der Waals surface area contributed by atoms with Gasteiger partial charge in [0.15, 0.2) is 0 Å². The molecule has 2 aromatic carbocycles. The lowest BCUT2D eigenvalue weighted by Gasteiger charge is -2.04. The minimum atomic E-state index is -0.481. The number of rotatable bonds is 3. The summed E-state index contributed by atoms with van der Waals surface area (Å²) in [5, 5.41) is 8.55. The third kappa shape index (κ3) is 8.22. The number of phenolic OH excluding ortho intramolecular Hbond substituents is 1. The molecule has 0 saturated heterocycles. The van der Waals surface area contributed by atoms with Crippen LogP contribution in [-0.4, -0.2) is 28.3 Å². The van der Waals surface area contributed by atoms with Gasteiger partial charge in [-0.3, -0.25) is 14.4 Å². The van der Waals surface area contributed by atoms with Crippen molar-refractivity contribution in [1.82, 2.24) is 0 Å². The number of benzene rings is 2. The first-order valence-corrected chi connectivity index (χ1v) is 9.93. The van der Waals surface area contributed by atoms with E-state index in [1.165, 1.54) is 6.07 Å². The molecular formula is C25H25ClO8. The van der Waals surface area contributed by atoms with Gasteiger partial charge in [0, 0.05) is 22.3 Å². The van der Waals surface area contributed by atoms with Gasteiger partial charge in [0.1, 0.15) is 23.0 Å². The van der Waals surface area contributed by atoms with Crippen molar-refractivity contribution in [2.24, 2.45) is 0 Å². The molecular weight excluding hydrogens is 464 g/mol. The first kappa shape index (κ1) is 28.1.